The van der Waals surface area contributed by atoms with E-state index < -0.39 is 0 Å². The monoisotopic (exact) mass is 209 g/mol. The third-order valence-electron chi connectivity index (χ3n) is 3.89. The van der Waals surface area contributed by atoms with Crippen LogP contribution in [0.3, 0.4) is 0 Å². The summed E-state index contributed by atoms with van der Waals surface area (Å²) in [5, 5.41) is 3.56. The first-order chi connectivity index (χ1) is 7.16. The molecule has 0 aromatic rings. The molecule has 0 spiro atoms. The normalized spacial score (nSPS) is 31.9. The third-order valence-corrected chi connectivity index (χ3v) is 3.89. The molecule has 0 bridgehead atoms. The van der Waals surface area contributed by atoms with Crippen molar-refractivity contribution in [2.75, 3.05) is 13.6 Å². The lowest BCUT2D eigenvalue weighted by molar-refractivity contribution is 0.148. The summed E-state index contributed by atoms with van der Waals surface area (Å²) < 4.78 is 0. The van der Waals surface area contributed by atoms with Crippen LogP contribution in [0.4, 0.5) is 0 Å². The standard InChI is InChI=1S/C12H23N3/c1-9(13)12-7-6-10(14-12)8-15(2)11-4-3-5-11/h10-12,14H,1,3-8,13H2,2H3. The van der Waals surface area contributed by atoms with Gasteiger partial charge in [0.1, 0.15) is 0 Å². The van der Waals surface area contributed by atoms with Crippen molar-refractivity contribution in [3.63, 3.8) is 0 Å². The molecule has 1 heterocycles. The van der Waals surface area contributed by atoms with Crippen molar-refractivity contribution < 1.29 is 0 Å². The van der Waals surface area contributed by atoms with Gasteiger partial charge in [-0.25, -0.2) is 0 Å². The van der Waals surface area contributed by atoms with Gasteiger partial charge < -0.3 is 16.0 Å². The lowest BCUT2D eigenvalue weighted by Gasteiger charge is -2.36. The van der Waals surface area contributed by atoms with E-state index in [4.69, 9.17) is 5.73 Å². The van der Waals surface area contributed by atoms with E-state index in [0.29, 0.717) is 12.1 Å². The second-order valence-corrected chi connectivity index (χ2v) is 5.09. The minimum Gasteiger partial charge on any atom is -0.401 e. The molecule has 1 saturated carbocycles. The van der Waals surface area contributed by atoms with Gasteiger partial charge >= 0.3 is 0 Å². The topological polar surface area (TPSA) is 41.3 Å². The van der Waals surface area contributed by atoms with E-state index in [0.717, 1.165) is 24.7 Å². The molecule has 0 aromatic heterocycles. The predicted octanol–water partition coefficient (Wildman–Crippen LogP) is 1.06. The number of nitrogens with one attached hydrogen (secondary N) is 1. The molecule has 2 rings (SSSR count). The van der Waals surface area contributed by atoms with E-state index in [1.807, 2.05) is 0 Å². The number of likely N-dealkylation sites (N-methyl/N-ethyl adjacent to an activating group) is 1. The van der Waals surface area contributed by atoms with Gasteiger partial charge in [0.05, 0.1) is 0 Å². The number of hydrogen-bond donors (Lipinski definition) is 2. The van der Waals surface area contributed by atoms with Crippen LogP contribution in [0.15, 0.2) is 12.3 Å². The minimum atomic E-state index is 0.352. The summed E-state index contributed by atoms with van der Waals surface area (Å²) >= 11 is 0. The molecule has 0 amide bonds. The Morgan fingerprint density at radius 1 is 1.40 bits per heavy atom. The van der Waals surface area contributed by atoms with Crippen molar-refractivity contribution in [2.24, 2.45) is 5.73 Å². The summed E-state index contributed by atoms with van der Waals surface area (Å²) in [4.78, 5) is 2.50. The van der Waals surface area contributed by atoms with Crippen molar-refractivity contribution in [3.8, 4) is 0 Å². The summed E-state index contributed by atoms with van der Waals surface area (Å²) in [7, 11) is 2.25. The van der Waals surface area contributed by atoms with Crippen LogP contribution in [-0.2, 0) is 0 Å². The van der Waals surface area contributed by atoms with Crippen molar-refractivity contribution in [1.82, 2.24) is 10.2 Å². The van der Waals surface area contributed by atoms with Gasteiger partial charge in [-0.1, -0.05) is 13.0 Å². The van der Waals surface area contributed by atoms with Gasteiger partial charge in [0, 0.05) is 30.4 Å². The van der Waals surface area contributed by atoms with Crippen LogP contribution in [0, 0.1) is 0 Å². The van der Waals surface area contributed by atoms with Gasteiger partial charge in [-0.2, -0.15) is 0 Å². The zero-order valence-corrected chi connectivity index (χ0v) is 9.71. The molecule has 2 aliphatic rings. The van der Waals surface area contributed by atoms with E-state index >= 15 is 0 Å². The maximum Gasteiger partial charge on any atom is 0.0464 e. The number of nitrogens with two attached hydrogens (primary N) is 1. The van der Waals surface area contributed by atoms with Gasteiger partial charge in [-0.3, -0.25) is 0 Å². The fourth-order valence-corrected chi connectivity index (χ4v) is 2.58. The highest BCUT2D eigenvalue weighted by atomic mass is 15.2. The first-order valence-corrected chi connectivity index (χ1v) is 6.07. The van der Waals surface area contributed by atoms with Crippen LogP contribution >= 0.6 is 0 Å². The summed E-state index contributed by atoms with van der Waals surface area (Å²) in [6.45, 7) is 4.98. The first-order valence-electron chi connectivity index (χ1n) is 6.07. The Balaban J connectivity index is 1.74. The highest BCUT2D eigenvalue weighted by Gasteiger charge is 2.28. The van der Waals surface area contributed by atoms with Crippen LogP contribution in [0.25, 0.3) is 0 Å². The second-order valence-electron chi connectivity index (χ2n) is 5.09. The average Bonchev–Trinajstić information content (AvgIpc) is 2.48. The van der Waals surface area contributed by atoms with Gasteiger partial charge in [-0.05, 0) is 32.7 Å². The summed E-state index contributed by atoms with van der Waals surface area (Å²) in [6.07, 6.45) is 6.57. The average molecular weight is 209 g/mol. The molecule has 0 radical (unpaired) electrons. The Hall–Kier alpha value is -0.540. The van der Waals surface area contributed by atoms with Crippen molar-refractivity contribution in [2.45, 2.75) is 50.2 Å². The molecule has 2 fully saturated rings. The van der Waals surface area contributed by atoms with Crippen LogP contribution in [-0.4, -0.2) is 36.6 Å². The zero-order valence-electron chi connectivity index (χ0n) is 9.71. The molecule has 15 heavy (non-hydrogen) atoms. The lowest BCUT2D eigenvalue weighted by atomic mass is 9.91. The van der Waals surface area contributed by atoms with Crippen LogP contribution in [0.1, 0.15) is 32.1 Å². The zero-order chi connectivity index (χ0) is 10.8. The molecule has 3 heteroatoms. The van der Waals surface area contributed by atoms with Gasteiger partial charge in [-0.15, -0.1) is 0 Å². The number of rotatable bonds is 4. The molecular weight excluding hydrogens is 186 g/mol. The van der Waals surface area contributed by atoms with E-state index in [-0.39, 0.29) is 0 Å². The largest absolute Gasteiger partial charge is 0.401 e. The third kappa shape index (κ3) is 2.52. The molecule has 86 valence electrons. The Labute approximate surface area is 92.7 Å². The van der Waals surface area contributed by atoms with Crippen molar-refractivity contribution in [3.05, 3.63) is 12.3 Å². The molecule has 3 N–H and O–H groups in total. The van der Waals surface area contributed by atoms with E-state index in [1.54, 1.807) is 0 Å². The van der Waals surface area contributed by atoms with Gasteiger partial charge in [0.2, 0.25) is 0 Å². The summed E-state index contributed by atoms with van der Waals surface area (Å²) in [5.74, 6) is 0. The van der Waals surface area contributed by atoms with Gasteiger partial charge in [0.25, 0.3) is 0 Å². The fraction of sp³-hybridized carbons (Fsp3) is 0.833. The van der Waals surface area contributed by atoms with Crippen LogP contribution in [0.5, 0.6) is 0 Å². The number of hydrogen-bond acceptors (Lipinski definition) is 3. The Morgan fingerprint density at radius 3 is 2.60 bits per heavy atom. The van der Waals surface area contributed by atoms with Gasteiger partial charge in [0.15, 0.2) is 0 Å². The first kappa shape index (κ1) is 11.0. The summed E-state index contributed by atoms with van der Waals surface area (Å²) in [6, 6.07) is 1.80. The second kappa shape index (κ2) is 4.54. The van der Waals surface area contributed by atoms with Crippen molar-refractivity contribution >= 4 is 0 Å². The predicted molar refractivity (Wildman–Crippen MR) is 63.5 cm³/mol. The Bertz CT molecular complexity index is 235. The maximum absolute atomic E-state index is 5.72. The highest BCUT2D eigenvalue weighted by molar-refractivity contribution is 5.05. The molecule has 3 nitrogen and oxygen atoms in total. The molecule has 2 atom stereocenters. The highest BCUT2D eigenvalue weighted by Crippen LogP contribution is 2.25. The molecular formula is C12H23N3. The molecule has 1 saturated heterocycles. The quantitative estimate of drug-likeness (QED) is 0.727. The number of nitrogens with zero attached hydrogens (tertiary/aromatic N) is 1. The van der Waals surface area contributed by atoms with Crippen molar-refractivity contribution in [1.29, 1.82) is 0 Å². The lowest BCUT2D eigenvalue weighted by Crippen LogP contribution is -2.45. The molecule has 1 aliphatic carbocycles. The SMILES string of the molecule is C=C(N)C1CCC(CN(C)C2CCC2)N1. The van der Waals surface area contributed by atoms with E-state index in [9.17, 15) is 0 Å². The Kier molecular flexibility index (Phi) is 3.32. The van der Waals surface area contributed by atoms with E-state index in [1.165, 1.54) is 25.7 Å². The molecule has 0 aromatic carbocycles. The maximum atomic E-state index is 5.72. The Morgan fingerprint density at radius 2 is 2.13 bits per heavy atom. The molecule has 1 aliphatic heterocycles. The van der Waals surface area contributed by atoms with Crippen LogP contribution < -0.4 is 11.1 Å². The fourth-order valence-electron chi connectivity index (χ4n) is 2.58. The molecule has 2 unspecified atom stereocenters. The van der Waals surface area contributed by atoms with E-state index in [2.05, 4.69) is 23.8 Å². The minimum absolute atomic E-state index is 0.352. The van der Waals surface area contributed by atoms with Crippen LogP contribution in [0.2, 0.25) is 0 Å². The smallest absolute Gasteiger partial charge is 0.0464 e. The summed E-state index contributed by atoms with van der Waals surface area (Å²) in [5.41, 5.74) is 6.51.